The summed E-state index contributed by atoms with van der Waals surface area (Å²) in [6.45, 7) is 9.05. The molecule has 0 unspecified atom stereocenters. The molecule has 0 aliphatic carbocycles. The van der Waals surface area contributed by atoms with Crippen LogP contribution in [0.4, 0.5) is 0 Å². The van der Waals surface area contributed by atoms with Crippen molar-refractivity contribution in [1.29, 1.82) is 0 Å². The van der Waals surface area contributed by atoms with Gasteiger partial charge in [-0.3, -0.25) is 9.59 Å². The number of ether oxygens (including phenoxy) is 1. The maximum absolute atomic E-state index is 12.7. The van der Waals surface area contributed by atoms with Gasteiger partial charge in [0.05, 0.1) is 12.0 Å². The third-order valence-corrected chi connectivity index (χ3v) is 6.63. The Morgan fingerprint density at radius 3 is 2.17 bits per heavy atom. The quantitative estimate of drug-likeness (QED) is 0.525. The standard InChI is InChI=1S/C20H31N3O6S/c1-7-23(8-2)30(27,28)16-11-9-10-15(12-16)18(24)22-17(13(3)4)19(25)21-14(5)20(26)29-6/h9-14,17H,7-8H2,1-6H3,(H,21,25)(H,22,24)/t14-,17+/m1/s1. The molecule has 0 spiro atoms. The first-order valence-corrected chi connectivity index (χ1v) is 11.2. The molecule has 2 atom stereocenters. The fraction of sp³-hybridized carbons (Fsp3) is 0.550. The summed E-state index contributed by atoms with van der Waals surface area (Å²) in [5, 5.41) is 5.12. The van der Waals surface area contributed by atoms with Crippen LogP contribution >= 0.6 is 0 Å². The molecule has 0 aliphatic heterocycles. The summed E-state index contributed by atoms with van der Waals surface area (Å²) in [5.74, 6) is -2.01. The van der Waals surface area contributed by atoms with E-state index < -0.39 is 39.9 Å². The molecule has 10 heteroatoms. The fourth-order valence-electron chi connectivity index (χ4n) is 2.81. The number of nitrogens with zero attached hydrogens (tertiary/aromatic N) is 1. The van der Waals surface area contributed by atoms with Gasteiger partial charge in [-0.25, -0.2) is 13.2 Å². The maximum atomic E-state index is 12.7. The first-order chi connectivity index (χ1) is 14.0. The highest BCUT2D eigenvalue weighted by atomic mass is 32.2. The number of methoxy groups -OCH3 is 1. The largest absolute Gasteiger partial charge is 0.467 e. The number of nitrogens with one attached hydrogen (secondary N) is 2. The lowest BCUT2D eigenvalue weighted by Crippen LogP contribution is -2.53. The van der Waals surface area contributed by atoms with Gasteiger partial charge in [0, 0.05) is 18.7 Å². The molecule has 0 bridgehead atoms. The van der Waals surface area contributed by atoms with Gasteiger partial charge in [-0.15, -0.1) is 0 Å². The second-order valence-electron chi connectivity index (χ2n) is 7.07. The Morgan fingerprint density at radius 2 is 1.67 bits per heavy atom. The molecule has 1 aromatic carbocycles. The molecule has 2 N–H and O–H groups in total. The summed E-state index contributed by atoms with van der Waals surface area (Å²) >= 11 is 0. The van der Waals surface area contributed by atoms with Crippen LogP contribution in [-0.4, -0.2) is 62.8 Å². The van der Waals surface area contributed by atoms with Gasteiger partial charge < -0.3 is 15.4 Å². The Morgan fingerprint density at radius 1 is 1.07 bits per heavy atom. The Labute approximate surface area is 178 Å². The lowest BCUT2D eigenvalue weighted by Gasteiger charge is -2.23. The zero-order chi connectivity index (χ0) is 23.1. The Bertz CT molecular complexity index is 865. The van der Waals surface area contributed by atoms with Crippen molar-refractivity contribution in [2.24, 2.45) is 5.92 Å². The molecule has 2 amide bonds. The number of carbonyl (C=O) groups is 3. The molecule has 0 aromatic heterocycles. The lowest BCUT2D eigenvalue weighted by atomic mass is 10.0. The van der Waals surface area contributed by atoms with Gasteiger partial charge in [-0.05, 0) is 31.0 Å². The van der Waals surface area contributed by atoms with E-state index >= 15 is 0 Å². The third-order valence-electron chi connectivity index (χ3n) is 4.59. The van der Waals surface area contributed by atoms with Gasteiger partial charge in [0.2, 0.25) is 15.9 Å². The smallest absolute Gasteiger partial charge is 0.328 e. The van der Waals surface area contributed by atoms with Crippen LogP contribution < -0.4 is 10.6 Å². The van der Waals surface area contributed by atoms with E-state index in [0.29, 0.717) is 13.1 Å². The number of carbonyl (C=O) groups excluding carboxylic acids is 3. The second-order valence-corrected chi connectivity index (χ2v) is 9.00. The van der Waals surface area contributed by atoms with E-state index in [1.807, 2.05) is 0 Å². The first-order valence-electron chi connectivity index (χ1n) is 9.78. The summed E-state index contributed by atoms with van der Waals surface area (Å²) in [6.07, 6.45) is 0. The minimum absolute atomic E-state index is 0.00344. The molecule has 0 radical (unpaired) electrons. The van der Waals surface area contributed by atoms with Crippen molar-refractivity contribution in [3.8, 4) is 0 Å². The van der Waals surface area contributed by atoms with E-state index in [4.69, 9.17) is 0 Å². The number of esters is 1. The molecule has 1 rings (SSSR count). The molecule has 30 heavy (non-hydrogen) atoms. The SMILES string of the molecule is CCN(CC)S(=O)(=O)c1cccc(C(=O)N[C@H](C(=O)N[C@H](C)C(=O)OC)C(C)C)c1. The van der Waals surface area contributed by atoms with Crippen LogP contribution in [0.15, 0.2) is 29.2 Å². The van der Waals surface area contributed by atoms with Crippen LogP contribution in [0.25, 0.3) is 0 Å². The van der Waals surface area contributed by atoms with E-state index in [2.05, 4.69) is 15.4 Å². The Balaban J connectivity index is 3.07. The molecule has 0 saturated carbocycles. The highest BCUT2D eigenvalue weighted by Gasteiger charge is 2.28. The molecule has 0 saturated heterocycles. The van der Waals surface area contributed by atoms with Gasteiger partial charge in [-0.1, -0.05) is 33.8 Å². The zero-order valence-corrected chi connectivity index (χ0v) is 19.1. The second kappa shape index (κ2) is 11.1. The van der Waals surface area contributed by atoms with Crippen molar-refractivity contribution >= 4 is 27.8 Å². The number of hydrogen-bond acceptors (Lipinski definition) is 6. The predicted octanol–water partition coefficient (Wildman–Crippen LogP) is 1.15. The predicted molar refractivity (Wildman–Crippen MR) is 112 cm³/mol. The number of amides is 2. The van der Waals surface area contributed by atoms with Crippen LogP contribution in [0.5, 0.6) is 0 Å². The number of sulfonamides is 1. The molecule has 168 valence electrons. The van der Waals surface area contributed by atoms with Crippen molar-refractivity contribution in [3.05, 3.63) is 29.8 Å². The Hall–Kier alpha value is -2.46. The van der Waals surface area contributed by atoms with E-state index in [0.717, 1.165) is 0 Å². The average molecular weight is 442 g/mol. The minimum Gasteiger partial charge on any atom is -0.467 e. The molecule has 0 heterocycles. The van der Waals surface area contributed by atoms with Crippen LogP contribution in [-0.2, 0) is 24.3 Å². The van der Waals surface area contributed by atoms with E-state index in [-0.39, 0.29) is 16.4 Å². The highest BCUT2D eigenvalue weighted by molar-refractivity contribution is 7.89. The van der Waals surface area contributed by atoms with Gasteiger partial charge in [0.25, 0.3) is 5.91 Å². The summed E-state index contributed by atoms with van der Waals surface area (Å²) in [5.41, 5.74) is 0.114. The van der Waals surface area contributed by atoms with Crippen molar-refractivity contribution in [2.75, 3.05) is 20.2 Å². The normalized spacial score (nSPS) is 13.6. The highest BCUT2D eigenvalue weighted by Crippen LogP contribution is 2.17. The summed E-state index contributed by atoms with van der Waals surface area (Å²) in [4.78, 5) is 36.8. The topological polar surface area (TPSA) is 122 Å². The first kappa shape index (κ1) is 25.6. The molecular formula is C20H31N3O6S. The van der Waals surface area contributed by atoms with Crippen molar-refractivity contribution in [2.45, 2.75) is 51.6 Å². The van der Waals surface area contributed by atoms with Gasteiger partial charge in [0.1, 0.15) is 12.1 Å². The van der Waals surface area contributed by atoms with Crippen LogP contribution in [0, 0.1) is 5.92 Å². The van der Waals surface area contributed by atoms with Crippen LogP contribution in [0.1, 0.15) is 45.0 Å². The average Bonchev–Trinajstić information content (AvgIpc) is 2.71. The van der Waals surface area contributed by atoms with Gasteiger partial charge in [0.15, 0.2) is 0 Å². The van der Waals surface area contributed by atoms with Crippen molar-refractivity contribution in [1.82, 2.24) is 14.9 Å². The molecule has 0 fully saturated rings. The van der Waals surface area contributed by atoms with Gasteiger partial charge >= 0.3 is 5.97 Å². The fourth-order valence-corrected chi connectivity index (χ4v) is 4.31. The summed E-state index contributed by atoms with van der Waals surface area (Å²) < 4.78 is 31.3. The van der Waals surface area contributed by atoms with Crippen LogP contribution in [0.3, 0.4) is 0 Å². The monoisotopic (exact) mass is 441 g/mol. The van der Waals surface area contributed by atoms with Crippen molar-refractivity contribution in [3.63, 3.8) is 0 Å². The molecule has 0 aliphatic rings. The minimum atomic E-state index is -3.72. The van der Waals surface area contributed by atoms with E-state index in [1.54, 1.807) is 27.7 Å². The Kier molecular flexibility index (Phi) is 9.44. The van der Waals surface area contributed by atoms with Crippen LogP contribution in [0.2, 0.25) is 0 Å². The number of benzene rings is 1. The number of rotatable bonds is 10. The molecular weight excluding hydrogens is 410 g/mol. The zero-order valence-electron chi connectivity index (χ0n) is 18.3. The molecule has 9 nitrogen and oxygen atoms in total. The van der Waals surface area contributed by atoms with E-state index in [1.165, 1.54) is 42.6 Å². The lowest BCUT2D eigenvalue weighted by molar-refractivity contribution is -0.144. The third kappa shape index (κ3) is 6.27. The summed E-state index contributed by atoms with van der Waals surface area (Å²) in [6, 6.07) is 3.87. The summed E-state index contributed by atoms with van der Waals surface area (Å²) in [7, 11) is -2.51. The number of hydrogen-bond donors (Lipinski definition) is 2. The maximum Gasteiger partial charge on any atom is 0.328 e. The van der Waals surface area contributed by atoms with Gasteiger partial charge in [-0.2, -0.15) is 4.31 Å². The molecule has 1 aromatic rings. The van der Waals surface area contributed by atoms with Crippen molar-refractivity contribution < 1.29 is 27.5 Å². The van der Waals surface area contributed by atoms with E-state index in [9.17, 15) is 22.8 Å².